The molecule has 88 valence electrons. The Morgan fingerprint density at radius 3 is 2.38 bits per heavy atom. The van der Waals surface area contributed by atoms with E-state index in [4.69, 9.17) is 23.2 Å². The van der Waals surface area contributed by atoms with Gasteiger partial charge in [-0.05, 0) is 18.2 Å². The first-order valence-electron chi connectivity index (χ1n) is 4.46. The number of anilines is 1. The first-order valence-corrected chi connectivity index (χ1v) is 7.46. The Morgan fingerprint density at radius 1 is 1.25 bits per heavy atom. The van der Waals surface area contributed by atoms with Crippen LogP contribution in [0.25, 0.3) is 0 Å². The van der Waals surface area contributed by atoms with Gasteiger partial charge < -0.3 is 5.32 Å². The lowest BCUT2D eigenvalue weighted by molar-refractivity contribution is -0.118. The number of hydrogen-bond donors (Lipinski definition) is 1. The van der Waals surface area contributed by atoms with Gasteiger partial charge in [0.2, 0.25) is 5.91 Å². The maximum atomic E-state index is 11.7. The zero-order chi connectivity index (χ0) is 12.1. The van der Waals surface area contributed by atoms with Gasteiger partial charge in [0.1, 0.15) is 0 Å². The summed E-state index contributed by atoms with van der Waals surface area (Å²) in [6, 6.07) is 4.99. The molecule has 6 heteroatoms. The van der Waals surface area contributed by atoms with Crippen LogP contribution in [0, 0.1) is 5.92 Å². The zero-order valence-corrected chi connectivity index (χ0v) is 12.8. The third-order valence-corrected chi connectivity index (χ3v) is 4.23. The molecule has 0 aliphatic carbocycles. The molecule has 1 aromatic rings. The van der Waals surface area contributed by atoms with E-state index >= 15 is 0 Å². The van der Waals surface area contributed by atoms with Crippen molar-refractivity contribution in [2.75, 3.05) is 16.0 Å². The smallest absolute Gasteiger partial charge is 0.229 e. The Bertz CT molecular complexity index is 383. The molecule has 0 spiro atoms. The zero-order valence-electron chi connectivity index (χ0n) is 8.14. The second-order valence-electron chi connectivity index (χ2n) is 3.12. The van der Waals surface area contributed by atoms with Crippen molar-refractivity contribution in [1.82, 2.24) is 0 Å². The highest BCUT2D eigenvalue weighted by atomic mass is 79.9. The standard InChI is InChI=1S/C10H9Br2Cl2NO/c11-4-6(5-12)10(16)15-7-1-2-8(13)9(14)3-7/h1-3,6H,4-5H2,(H,15,16). The Balaban J connectivity index is 2.73. The number of hydrogen-bond acceptors (Lipinski definition) is 1. The molecule has 0 aliphatic rings. The van der Waals surface area contributed by atoms with Gasteiger partial charge in [0.25, 0.3) is 0 Å². The molecule has 0 saturated carbocycles. The van der Waals surface area contributed by atoms with E-state index in [1.807, 2.05) is 0 Å². The first-order chi connectivity index (χ1) is 7.58. The first kappa shape index (κ1) is 14.3. The van der Waals surface area contributed by atoms with Gasteiger partial charge in [-0.1, -0.05) is 55.1 Å². The average Bonchev–Trinajstić information content (AvgIpc) is 2.25. The lowest BCUT2D eigenvalue weighted by Crippen LogP contribution is -2.25. The van der Waals surface area contributed by atoms with Crippen LogP contribution in [0.4, 0.5) is 5.69 Å². The number of carbonyl (C=O) groups is 1. The van der Waals surface area contributed by atoms with Crippen molar-refractivity contribution in [3.8, 4) is 0 Å². The van der Waals surface area contributed by atoms with Crippen molar-refractivity contribution in [3.05, 3.63) is 28.2 Å². The quantitative estimate of drug-likeness (QED) is 0.762. The van der Waals surface area contributed by atoms with E-state index in [0.29, 0.717) is 26.4 Å². The number of benzene rings is 1. The normalized spacial score (nSPS) is 10.6. The molecule has 1 N–H and O–H groups in total. The number of carbonyl (C=O) groups excluding carboxylic acids is 1. The van der Waals surface area contributed by atoms with Crippen molar-refractivity contribution in [3.63, 3.8) is 0 Å². The number of rotatable bonds is 4. The summed E-state index contributed by atoms with van der Waals surface area (Å²) >= 11 is 18.2. The SMILES string of the molecule is O=C(Nc1ccc(Cl)c(Cl)c1)C(CBr)CBr. The number of alkyl halides is 2. The van der Waals surface area contributed by atoms with Gasteiger partial charge in [-0.2, -0.15) is 0 Å². The summed E-state index contributed by atoms with van der Waals surface area (Å²) in [7, 11) is 0. The predicted molar refractivity (Wildman–Crippen MR) is 76.2 cm³/mol. The lowest BCUT2D eigenvalue weighted by atomic mass is 10.2. The van der Waals surface area contributed by atoms with Crippen molar-refractivity contribution in [1.29, 1.82) is 0 Å². The largest absolute Gasteiger partial charge is 0.326 e. The number of nitrogens with one attached hydrogen (secondary N) is 1. The molecule has 0 unspecified atom stereocenters. The van der Waals surface area contributed by atoms with Gasteiger partial charge in [-0.15, -0.1) is 0 Å². The van der Waals surface area contributed by atoms with Crippen molar-refractivity contribution >= 4 is 66.7 Å². The molecule has 0 fully saturated rings. The third-order valence-electron chi connectivity index (χ3n) is 1.93. The molecule has 1 aromatic carbocycles. The predicted octanol–water partition coefficient (Wildman–Crippen LogP) is 4.34. The maximum absolute atomic E-state index is 11.7. The van der Waals surface area contributed by atoms with Gasteiger partial charge in [0.15, 0.2) is 0 Å². The van der Waals surface area contributed by atoms with Crippen LogP contribution in [0.5, 0.6) is 0 Å². The summed E-state index contributed by atoms with van der Waals surface area (Å²) in [6.45, 7) is 0. The minimum Gasteiger partial charge on any atom is -0.326 e. The van der Waals surface area contributed by atoms with Crippen LogP contribution in [0.1, 0.15) is 0 Å². The van der Waals surface area contributed by atoms with Crippen LogP contribution in [0.3, 0.4) is 0 Å². The van der Waals surface area contributed by atoms with Gasteiger partial charge in [0.05, 0.1) is 16.0 Å². The molecule has 1 amide bonds. The fourth-order valence-electron chi connectivity index (χ4n) is 1.000. The van der Waals surface area contributed by atoms with Crippen LogP contribution in [0.15, 0.2) is 18.2 Å². The Kier molecular flexibility index (Phi) is 6.11. The van der Waals surface area contributed by atoms with Crippen LogP contribution < -0.4 is 5.32 Å². The highest BCUT2D eigenvalue weighted by molar-refractivity contribution is 9.09. The van der Waals surface area contributed by atoms with Crippen molar-refractivity contribution < 1.29 is 4.79 Å². The second kappa shape index (κ2) is 6.84. The minimum absolute atomic E-state index is 0.0628. The van der Waals surface area contributed by atoms with Crippen LogP contribution >= 0.6 is 55.1 Å². The molecule has 0 atom stereocenters. The van der Waals surface area contributed by atoms with E-state index in [-0.39, 0.29) is 11.8 Å². The highest BCUT2D eigenvalue weighted by Gasteiger charge is 2.15. The molecule has 0 aliphatic heterocycles. The van der Waals surface area contributed by atoms with Crippen molar-refractivity contribution in [2.45, 2.75) is 0 Å². The molecular formula is C10H9Br2Cl2NO. The van der Waals surface area contributed by atoms with Gasteiger partial charge in [0, 0.05) is 16.3 Å². The minimum atomic E-state index is -0.116. The Hall–Kier alpha value is 0.230. The monoisotopic (exact) mass is 387 g/mol. The van der Waals surface area contributed by atoms with E-state index in [1.165, 1.54) is 0 Å². The molecule has 2 nitrogen and oxygen atoms in total. The van der Waals surface area contributed by atoms with Crippen LogP contribution in [-0.2, 0) is 4.79 Å². The molecule has 0 aromatic heterocycles. The highest BCUT2D eigenvalue weighted by Crippen LogP contribution is 2.25. The molecule has 1 rings (SSSR count). The average molecular weight is 390 g/mol. The Labute approximate surface area is 121 Å². The molecule has 0 heterocycles. The van der Waals surface area contributed by atoms with Gasteiger partial charge >= 0.3 is 0 Å². The summed E-state index contributed by atoms with van der Waals surface area (Å²) in [6.07, 6.45) is 0. The Morgan fingerprint density at radius 2 is 1.88 bits per heavy atom. The van der Waals surface area contributed by atoms with Crippen LogP contribution in [0.2, 0.25) is 10.0 Å². The van der Waals surface area contributed by atoms with Gasteiger partial charge in [-0.3, -0.25) is 4.79 Å². The molecular weight excluding hydrogens is 381 g/mol. The number of amides is 1. The van der Waals surface area contributed by atoms with E-state index in [1.54, 1.807) is 18.2 Å². The third kappa shape index (κ3) is 3.91. The van der Waals surface area contributed by atoms with Crippen LogP contribution in [-0.4, -0.2) is 16.6 Å². The fourth-order valence-corrected chi connectivity index (χ4v) is 2.96. The summed E-state index contributed by atoms with van der Waals surface area (Å²) < 4.78 is 0. The van der Waals surface area contributed by atoms with Gasteiger partial charge in [-0.25, -0.2) is 0 Å². The van der Waals surface area contributed by atoms with E-state index in [2.05, 4.69) is 37.2 Å². The van der Waals surface area contributed by atoms with E-state index in [0.717, 1.165) is 0 Å². The summed E-state index contributed by atoms with van der Waals surface area (Å²) in [4.78, 5) is 11.7. The number of halogens is 4. The molecule has 16 heavy (non-hydrogen) atoms. The lowest BCUT2D eigenvalue weighted by Gasteiger charge is -2.11. The second-order valence-corrected chi connectivity index (χ2v) is 5.23. The van der Waals surface area contributed by atoms with E-state index < -0.39 is 0 Å². The summed E-state index contributed by atoms with van der Waals surface area (Å²) in [5.41, 5.74) is 0.645. The molecule has 0 radical (unpaired) electrons. The van der Waals surface area contributed by atoms with Crippen molar-refractivity contribution in [2.24, 2.45) is 5.92 Å². The molecule has 0 saturated heterocycles. The summed E-state index contributed by atoms with van der Waals surface area (Å²) in [5, 5.41) is 4.87. The summed E-state index contributed by atoms with van der Waals surface area (Å²) in [5.74, 6) is -0.179. The van der Waals surface area contributed by atoms with E-state index in [9.17, 15) is 4.79 Å². The maximum Gasteiger partial charge on any atom is 0.229 e. The fraction of sp³-hybridized carbons (Fsp3) is 0.300. The topological polar surface area (TPSA) is 29.1 Å². The molecule has 0 bridgehead atoms.